The predicted octanol–water partition coefficient (Wildman–Crippen LogP) is 2.34. The molecule has 0 spiro atoms. The molecule has 1 amide bonds. The highest BCUT2D eigenvalue weighted by atomic mass is 19.1. The molecule has 0 aliphatic carbocycles. The molecular weight excluding hydrogens is 275 g/mol. The van der Waals surface area contributed by atoms with Gasteiger partial charge in [-0.3, -0.25) is 4.79 Å². The van der Waals surface area contributed by atoms with Gasteiger partial charge in [0.1, 0.15) is 11.9 Å². The van der Waals surface area contributed by atoms with Crippen LogP contribution in [0, 0.1) is 12.7 Å². The van der Waals surface area contributed by atoms with Gasteiger partial charge in [-0.15, -0.1) is 0 Å². The van der Waals surface area contributed by atoms with E-state index in [2.05, 4.69) is 5.16 Å². The molecule has 2 aromatic rings. The van der Waals surface area contributed by atoms with Crippen molar-refractivity contribution in [1.29, 1.82) is 0 Å². The van der Waals surface area contributed by atoms with Crippen LogP contribution in [0.2, 0.25) is 0 Å². The molecule has 1 aromatic heterocycles. The number of halogens is 1. The summed E-state index contributed by atoms with van der Waals surface area (Å²) >= 11 is 0. The molecule has 2 heterocycles. The maximum absolute atomic E-state index is 13.0. The Labute approximate surface area is 121 Å². The lowest BCUT2D eigenvalue weighted by atomic mass is 10.1. The Morgan fingerprint density at radius 3 is 2.81 bits per heavy atom. The second kappa shape index (κ2) is 5.65. The fraction of sp³-hybridized carbons (Fsp3) is 0.333. The first kappa shape index (κ1) is 13.8. The third-order valence-electron chi connectivity index (χ3n) is 3.43. The van der Waals surface area contributed by atoms with E-state index in [1.54, 1.807) is 30.0 Å². The van der Waals surface area contributed by atoms with Crippen LogP contribution in [-0.2, 0) is 4.74 Å². The zero-order valence-corrected chi connectivity index (χ0v) is 11.6. The largest absolute Gasteiger partial charge is 0.370 e. The highest BCUT2D eigenvalue weighted by Gasteiger charge is 2.28. The lowest BCUT2D eigenvalue weighted by Gasteiger charge is -2.32. The highest BCUT2D eigenvalue weighted by Crippen LogP contribution is 2.23. The van der Waals surface area contributed by atoms with Crippen LogP contribution in [0.25, 0.3) is 0 Å². The molecule has 1 atom stereocenters. The van der Waals surface area contributed by atoms with Crippen molar-refractivity contribution < 1.29 is 18.4 Å². The molecule has 1 aliphatic rings. The molecule has 0 radical (unpaired) electrons. The van der Waals surface area contributed by atoms with E-state index in [1.165, 1.54) is 12.1 Å². The average molecular weight is 290 g/mol. The normalized spacial score (nSPS) is 18.8. The minimum atomic E-state index is -0.292. The van der Waals surface area contributed by atoms with Crippen molar-refractivity contribution in [1.82, 2.24) is 10.1 Å². The number of hydrogen-bond acceptors (Lipinski definition) is 4. The van der Waals surface area contributed by atoms with Gasteiger partial charge in [-0.25, -0.2) is 4.39 Å². The van der Waals surface area contributed by atoms with Gasteiger partial charge >= 0.3 is 0 Å². The quantitative estimate of drug-likeness (QED) is 0.852. The van der Waals surface area contributed by atoms with Crippen LogP contribution < -0.4 is 0 Å². The van der Waals surface area contributed by atoms with E-state index in [0.717, 1.165) is 5.56 Å². The van der Waals surface area contributed by atoms with Gasteiger partial charge in [-0.2, -0.15) is 0 Å². The van der Waals surface area contributed by atoms with E-state index < -0.39 is 0 Å². The van der Waals surface area contributed by atoms with Gasteiger partial charge < -0.3 is 14.2 Å². The molecule has 0 unspecified atom stereocenters. The van der Waals surface area contributed by atoms with Crippen molar-refractivity contribution in [3.63, 3.8) is 0 Å². The molecule has 1 aromatic carbocycles. The summed E-state index contributed by atoms with van der Waals surface area (Å²) in [4.78, 5) is 14.0. The lowest BCUT2D eigenvalue weighted by Crippen LogP contribution is -2.42. The van der Waals surface area contributed by atoms with E-state index in [9.17, 15) is 9.18 Å². The van der Waals surface area contributed by atoms with Crippen LogP contribution in [0.15, 0.2) is 34.9 Å². The maximum Gasteiger partial charge on any atom is 0.292 e. The zero-order chi connectivity index (χ0) is 14.8. The fourth-order valence-corrected chi connectivity index (χ4v) is 2.33. The molecule has 110 valence electrons. The highest BCUT2D eigenvalue weighted by molar-refractivity contribution is 5.91. The topological polar surface area (TPSA) is 55.6 Å². The number of carbonyl (C=O) groups excluding carboxylic acids is 1. The third-order valence-corrected chi connectivity index (χ3v) is 3.43. The van der Waals surface area contributed by atoms with Crippen LogP contribution in [0.5, 0.6) is 0 Å². The molecule has 6 heteroatoms. The Hall–Kier alpha value is -2.21. The number of aromatic nitrogens is 1. The summed E-state index contributed by atoms with van der Waals surface area (Å²) in [7, 11) is 0. The SMILES string of the molecule is Cc1cc(C(=O)N2CCO[C@H](c3ccc(F)cc3)C2)on1. The van der Waals surface area contributed by atoms with Gasteiger partial charge in [0.25, 0.3) is 5.91 Å². The van der Waals surface area contributed by atoms with Gasteiger partial charge in [0.2, 0.25) is 5.76 Å². The summed E-state index contributed by atoms with van der Waals surface area (Å²) in [5.41, 5.74) is 1.52. The van der Waals surface area contributed by atoms with Crippen LogP contribution in [0.1, 0.15) is 27.9 Å². The number of ether oxygens (including phenoxy) is 1. The van der Waals surface area contributed by atoms with Crippen molar-refractivity contribution in [2.75, 3.05) is 19.7 Å². The summed E-state index contributed by atoms with van der Waals surface area (Å²) in [6.07, 6.45) is -0.257. The van der Waals surface area contributed by atoms with Crippen molar-refractivity contribution >= 4 is 5.91 Å². The van der Waals surface area contributed by atoms with Crippen molar-refractivity contribution in [3.05, 3.63) is 53.2 Å². The number of rotatable bonds is 2. The van der Waals surface area contributed by atoms with E-state index in [0.29, 0.717) is 25.4 Å². The molecule has 1 aliphatic heterocycles. The minimum absolute atomic E-state index is 0.203. The number of nitrogens with zero attached hydrogens (tertiary/aromatic N) is 2. The third kappa shape index (κ3) is 2.95. The first-order valence-corrected chi connectivity index (χ1v) is 6.73. The van der Waals surface area contributed by atoms with Crippen LogP contribution in [-0.4, -0.2) is 35.7 Å². The molecule has 0 N–H and O–H groups in total. The molecule has 0 saturated carbocycles. The summed E-state index contributed by atoms with van der Waals surface area (Å²) < 4.78 is 23.6. The summed E-state index contributed by atoms with van der Waals surface area (Å²) in [5.74, 6) is -0.266. The van der Waals surface area contributed by atoms with E-state index in [1.807, 2.05) is 0 Å². The number of aryl methyl sites for hydroxylation is 1. The maximum atomic E-state index is 13.0. The second-order valence-corrected chi connectivity index (χ2v) is 4.99. The molecule has 3 rings (SSSR count). The molecule has 1 saturated heterocycles. The Morgan fingerprint density at radius 2 is 2.14 bits per heavy atom. The van der Waals surface area contributed by atoms with E-state index in [4.69, 9.17) is 9.26 Å². The first-order valence-electron chi connectivity index (χ1n) is 6.73. The molecular formula is C15H15FN2O3. The number of amides is 1. The first-order chi connectivity index (χ1) is 10.1. The smallest absolute Gasteiger partial charge is 0.292 e. The van der Waals surface area contributed by atoms with Gasteiger partial charge in [-0.1, -0.05) is 17.3 Å². The lowest BCUT2D eigenvalue weighted by molar-refractivity contribution is -0.0240. The number of morpholine rings is 1. The molecule has 21 heavy (non-hydrogen) atoms. The minimum Gasteiger partial charge on any atom is -0.370 e. The number of benzene rings is 1. The van der Waals surface area contributed by atoms with Crippen LogP contribution >= 0.6 is 0 Å². The standard InChI is InChI=1S/C15H15FN2O3/c1-10-8-13(21-17-10)15(19)18-6-7-20-14(9-18)11-2-4-12(16)5-3-11/h2-5,8,14H,6-7,9H2,1H3/t14-/m0/s1. The van der Waals surface area contributed by atoms with E-state index >= 15 is 0 Å². The second-order valence-electron chi connectivity index (χ2n) is 4.99. The van der Waals surface area contributed by atoms with Crippen LogP contribution in [0.3, 0.4) is 0 Å². The molecule has 5 nitrogen and oxygen atoms in total. The van der Waals surface area contributed by atoms with Crippen molar-refractivity contribution in [2.45, 2.75) is 13.0 Å². The van der Waals surface area contributed by atoms with E-state index in [-0.39, 0.29) is 23.6 Å². The average Bonchev–Trinajstić information content (AvgIpc) is 2.94. The molecule has 1 fully saturated rings. The zero-order valence-electron chi connectivity index (χ0n) is 11.6. The Morgan fingerprint density at radius 1 is 1.38 bits per heavy atom. The Balaban J connectivity index is 1.73. The summed E-state index contributed by atoms with van der Waals surface area (Å²) in [6.45, 7) is 3.10. The van der Waals surface area contributed by atoms with Gasteiger partial charge in [0.15, 0.2) is 0 Å². The number of carbonyl (C=O) groups is 1. The fourth-order valence-electron chi connectivity index (χ4n) is 2.33. The van der Waals surface area contributed by atoms with Gasteiger partial charge in [0.05, 0.1) is 18.8 Å². The van der Waals surface area contributed by atoms with Gasteiger partial charge in [0, 0.05) is 12.6 Å². The predicted molar refractivity (Wildman–Crippen MR) is 72.2 cm³/mol. The summed E-state index contributed by atoms with van der Waals surface area (Å²) in [6, 6.07) is 7.74. The van der Waals surface area contributed by atoms with Crippen molar-refractivity contribution in [2.24, 2.45) is 0 Å². The van der Waals surface area contributed by atoms with Crippen molar-refractivity contribution in [3.8, 4) is 0 Å². The Bertz CT molecular complexity index is 639. The monoisotopic (exact) mass is 290 g/mol. The molecule has 0 bridgehead atoms. The Kier molecular flexibility index (Phi) is 3.70. The number of hydrogen-bond donors (Lipinski definition) is 0. The van der Waals surface area contributed by atoms with Crippen LogP contribution in [0.4, 0.5) is 4.39 Å². The summed E-state index contributed by atoms with van der Waals surface area (Å²) in [5, 5.41) is 3.72. The van der Waals surface area contributed by atoms with Gasteiger partial charge in [-0.05, 0) is 24.6 Å².